The standard InChI is InChI=1S/C25H28N6O7/c1-34-16-4-2-14(3-5-16)18-8-17(38-30-18)10-36-11-19-21(32)22(33)25(37-19)31-13-28-20-23(26-12-27-24(20)31)29-15-6-7-35-9-15/h2-5,8,12-13,15,19,21-22,25,32-33H,6-7,9-11H2,1H3,(H,26,27,29)/t15?,19-,21+,22+,25-/m1/s1. The van der Waals surface area contributed by atoms with E-state index < -0.39 is 24.5 Å². The van der Waals surface area contributed by atoms with Crippen LogP contribution in [0.25, 0.3) is 22.4 Å². The van der Waals surface area contributed by atoms with Gasteiger partial charge >= 0.3 is 0 Å². The number of fused-ring (bicyclic) bond motifs is 1. The van der Waals surface area contributed by atoms with Crippen LogP contribution in [0.3, 0.4) is 0 Å². The number of rotatable bonds is 9. The van der Waals surface area contributed by atoms with Gasteiger partial charge in [0.15, 0.2) is 29.0 Å². The molecule has 0 aliphatic carbocycles. The van der Waals surface area contributed by atoms with Gasteiger partial charge in [0.05, 0.1) is 32.7 Å². The van der Waals surface area contributed by atoms with E-state index in [4.69, 9.17) is 23.5 Å². The van der Waals surface area contributed by atoms with E-state index in [-0.39, 0.29) is 19.3 Å². The fourth-order valence-corrected chi connectivity index (χ4v) is 4.64. The zero-order valence-electron chi connectivity index (χ0n) is 20.6. The Labute approximate surface area is 217 Å². The second-order valence-corrected chi connectivity index (χ2v) is 9.22. The van der Waals surface area contributed by atoms with Crippen LogP contribution in [0.2, 0.25) is 0 Å². The third-order valence-corrected chi connectivity index (χ3v) is 6.71. The van der Waals surface area contributed by atoms with E-state index in [1.807, 2.05) is 24.3 Å². The third-order valence-electron chi connectivity index (χ3n) is 6.71. The normalized spacial score (nSPS) is 25.3. The number of benzene rings is 1. The summed E-state index contributed by atoms with van der Waals surface area (Å²) >= 11 is 0. The Morgan fingerprint density at radius 3 is 2.79 bits per heavy atom. The van der Waals surface area contributed by atoms with Crippen LogP contribution in [0.5, 0.6) is 5.75 Å². The Morgan fingerprint density at radius 1 is 1.13 bits per heavy atom. The first-order valence-electron chi connectivity index (χ1n) is 12.3. The lowest BCUT2D eigenvalue weighted by atomic mass is 10.1. The van der Waals surface area contributed by atoms with Gasteiger partial charge < -0.3 is 39.0 Å². The second kappa shape index (κ2) is 10.6. The summed E-state index contributed by atoms with van der Waals surface area (Å²) in [7, 11) is 1.61. The summed E-state index contributed by atoms with van der Waals surface area (Å²) in [5, 5.41) is 28.8. The van der Waals surface area contributed by atoms with Crippen molar-refractivity contribution in [1.82, 2.24) is 24.7 Å². The summed E-state index contributed by atoms with van der Waals surface area (Å²) in [6.45, 7) is 1.45. The van der Waals surface area contributed by atoms with Gasteiger partial charge in [0.2, 0.25) is 0 Å². The van der Waals surface area contributed by atoms with E-state index in [9.17, 15) is 10.2 Å². The minimum absolute atomic E-state index is 0.0311. The van der Waals surface area contributed by atoms with Crippen molar-refractivity contribution in [3.63, 3.8) is 0 Å². The van der Waals surface area contributed by atoms with Crippen LogP contribution >= 0.6 is 0 Å². The number of hydrogen-bond acceptors (Lipinski definition) is 12. The molecule has 6 rings (SSSR count). The Kier molecular flexibility index (Phi) is 6.91. The SMILES string of the molecule is COc1ccc(-c2cc(COC[C@H]3O[C@@H](n4cnc5c(NC6CCOC6)ncnc54)[C@@H](O)[C@H]3O)on2)cc1. The summed E-state index contributed by atoms with van der Waals surface area (Å²) < 4.78 is 29.3. The van der Waals surface area contributed by atoms with E-state index >= 15 is 0 Å². The molecule has 13 heteroatoms. The number of aliphatic hydroxyl groups is 2. The molecule has 5 atom stereocenters. The molecule has 3 N–H and O–H groups in total. The Balaban J connectivity index is 1.09. The molecule has 200 valence electrons. The summed E-state index contributed by atoms with van der Waals surface area (Å²) in [6, 6.07) is 9.39. The van der Waals surface area contributed by atoms with Gasteiger partial charge in [-0.2, -0.15) is 0 Å². The molecule has 5 heterocycles. The zero-order valence-corrected chi connectivity index (χ0v) is 20.6. The van der Waals surface area contributed by atoms with Crippen molar-refractivity contribution in [1.29, 1.82) is 0 Å². The molecule has 3 aromatic heterocycles. The summed E-state index contributed by atoms with van der Waals surface area (Å²) in [4.78, 5) is 13.1. The highest BCUT2D eigenvalue weighted by molar-refractivity contribution is 5.82. The second-order valence-electron chi connectivity index (χ2n) is 9.22. The van der Waals surface area contributed by atoms with Crippen LogP contribution in [-0.4, -0.2) is 86.2 Å². The average molecular weight is 525 g/mol. The molecule has 13 nitrogen and oxygen atoms in total. The van der Waals surface area contributed by atoms with Crippen molar-refractivity contribution < 1.29 is 33.7 Å². The van der Waals surface area contributed by atoms with Crippen molar-refractivity contribution in [3.05, 3.63) is 48.7 Å². The zero-order chi connectivity index (χ0) is 26.1. The van der Waals surface area contributed by atoms with Crippen LogP contribution in [0.4, 0.5) is 5.82 Å². The number of anilines is 1. The molecule has 0 amide bonds. The molecule has 2 aliphatic rings. The van der Waals surface area contributed by atoms with Gasteiger partial charge in [-0.05, 0) is 30.7 Å². The van der Waals surface area contributed by atoms with Gasteiger partial charge in [-0.15, -0.1) is 0 Å². The molecule has 0 saturated carbocycles. The first-order valence-corrected chi connectivity index (χ1v) is 12.3. The van der Waals surface area contributed by atoms with E-state index in [2.05, 4.69) is 25.4 Å². The maximum atomic E-state index is 10.7. The van der Waals surface area contributed by atoms with Crippen molar-refractivity contribution in [3.8, 4) is 17.0 Å². The van der Waals surface area contributed by atoms with Crippen LogP contribution in [0, 0.1) is 0 Å². The van der Waals surface area contributed by atoms with Gasteiger partial charge in [0.1, 0.15) is 42.7 Å². The molecule has 38 heavy (non-hydrogen) atoms. The molecular formula is C25H28N6O7. The third kappa shape index (κ3) is 4.81. The predicted molar refractivity (Wildman–Crippen MR) is 132 cm³/mol. The summed E-state index contributed by atoms with van der Waals surface area (Å²) in [5.74, 6) is 1.85. The average Bonchev–Trinajstić information content (AvgIpc) is 3.75. The maximum Gasteiger partial charge on any atom is 0.167 e. The molecule has 1 aromatic carbocycles. The molecule has 1 unspecified atom stereocenters. The molecular weight excluding hydrogens is 496 g/mol. The van der Waals surface area contributed by atoms with Crippen molar-refractivity contribution in [2.75, 3.05) is 32.2 Å². The first-order chi connectivity index (χ1) is 18.6. The summed E-state index contributed by atoms with van der Waals surface area (Å²) in [5.41, 5.74) is 2.57. The molecule has 0 bridgehead atoms. The number of imidazole rings is 1. The van der Waals surface area contributed by atoms with E-state index in [1.165, 1.54) is 12.7 Å². The molecule has 2 aliphatic heterocycles. The maximum absolute atomic E-state index is 10.7. The lowest BCUT2D eigenvalue weighted by Crippen LogP contribution is -2.33. The molecule has 0 radical (unpaired) electrons. The number of methoxy groups -OCH3 is 1. The number of ether oxygens (including phenoxy) is 4. The van der Waals surface area contributed by atoms with Gasteiger partial charge in [-0.25, -0.2) is 15.0 Å². The van der Waals surface area contributed by atoms with Crippen molar-refractivity contribution in [2.24, 2.45) is 0 Å². The monoisotopic (exact) mass is 524 g/mol. The minimum atomic E-state index is -1.21. The molecule has 2 fully saturated rings. The van der Waals surface area contributed by atoms with Crippen LogP contribution in [-0.2, 0) is 20.8 Å². The van der Waals surface area contributed by atoms with Crippen LogP contribution in [0.1, 0.15) is 18.4 Å². The number of nitrogens with one attached hydrogen (secondary N) is 1. The van der Waals surface area contributed by atoms with Crippen molar-refractivity contribution >= 4 is 17.0 Å². The Bertz CT molecular complexity index is 1370. The largest absolute Gasteiger partial charge is 0.497 e. The lowest BCUT2D eigenvalue weighted by Gasteiger charge is -2.17. The number of aromatic nitrogens is 5. The van der Waals surface area contributed by atoms with E-state index in [0.717, 1.165) is 17.7 Å². The van der Waals surface area contributed by atoms with E-state index in [1.54, 1.807) is 17.7 Å². The minimum Gasteiger partial charge on any atom is -0.497 e. The number of nitrogens with zero attached hydrogens (tertiary/aromatic N) is 5. The highest BCUT2D eigenvalue weighted by Crippen LogP contribution is 2.33. The topological polar surface area (TPSA) is 159 Å². The lowest BCUT2D eigenvalue weighted by molar-refractivity contribution is -0.0702. The summed E-state index contributed by atoms with van der Waals surface area (Å²) in [6.07, 6.45) is -0.218. The van der Waals surface area contributed by atoms with Gasteiger partial charge in [-0.1, -0.05) is 5.16 Å². The van der Waals surface area contributed by atoms with Crippen LogP contribution in [0.15, 0.2) is 47.5 Å². The molecule has 2 saturated heterocycles. The van der Waals surface area contributed by atoms with Gasteiger partial charge in [0.25, 0.3) is 0 Å². The Morgan fingerprint density at radius 2 is 2.00 bits per heavy atom. The van der Waals surface area contributed by atoms with E-state index in [0.29, 0.717) is 41.6 Å². The van der Waals surface area contributed by atoms with Crippen molar-refractivity contribution in [2.45, 2.75) is 43.6 Å². The predicted octanol–water partition coefficient (Wildman–Crippen LogP) is 1.53. The fourth-order valence-electron chi connectivity index (χ4n) is 4.64. The smallest absolute Gasteiger partial charge is 0.167 e. The number of aliphatic hydroxyl groups excluding tert-OH is 2. The fraction of sp³-hybridized carbons (Fsp3) is 0.440. The number of hydrogen-bond donors (Lipinski definition) is 3. The van der Waals surface area contributed by atoms with Gasteiger partial charge in [0, 0.05) is 18.2 Å². The first kappa shape index (κ1) is 24.7. The molecule has 0 spiro atoms. The highest BCUT2D eigenvalue weighted by Gasteiger charge is 2.44. The highest BCUT2D eigenvalue weighted by atomic mass is 16.6. The van der Waals surface area contributed by atoms with Crippen LogP contribution < -0.4 is 10.1 Å². The Hall–Kier alpha value is -3.62. The quantitative estimate of drug-likeness (QED) is 0.290. The molecule has 4 aromatic rings. The van der Waals surface area contributed by atoms with Gasteiger partial charge in [-0.3, -0.25) is 4.57 Å².